The highest BCUT2D eigenvalue weighted by Gasteiger charge is 2.66. The number of hydrogen-bond acceptors (Lipinski definition) is 3. The van der Waals surface area contributed by atoms with Gasteiger partial charge >= 0.3 is 0 Å². The number of rotatable bonds is 1. The maximum atomic E-state index is 11.0. The topological polar surface area (TPSA) is 53.0 Å². The van der Waals surface area contributed by atoms with Crippen LogP contribution in [-0.4, -0.2) is 34.6 Å². The van der Waals surface area contributed by atoms with E-state index in [1.54, 1.807) is 0 Å². The third-order valence-electron chi connectivity index (χ3n) is 9.99. The van der Waals surface area contributed by atoms with E-state index in [-0.39, 0.29) is 23.2 Å². The van der Waals surface area contributed by atoms with Crippen molar-refractivity contribution in [3.63, 3.8) is 0 Å². The van der Waals surface area contributed by atoms with E-state index in [1.807, 2.05) is 0 Å². The first kappa shape index (κ1) is 17.0. The van der Waals surface area contributed by atoms with Crippen molar-refractivity contribution in [3.8, 4) is 0 Å². The van der Waals surface area contributed by atoms with E-state index in [0.29, 0.717) is 23.2 Å². The Hall–Kier alpha value is -0.120. The van der Waals surface area contributed by atoms with Crippen LogP contribution in [-0.2, 0) is 4.74 Å². The molecule has 5 fully saturated rings. The first-order chi connectivity index (χ1) is 11.8. The Balaban J connectivity index is 1.46. The zero-order valence-electron chi connectivity index (χ0n) is 16.2. The Bertz CT molecular complexity index is 557. The van der Waals surface area contributed by atoms with Crippen LogP contribution in [0.2, 0.25) is 0 Å². The first-order valence-electron chi connectivity index (χ1n) is 10.8. The number of hydrogen-bond donors (Lipinski definition) is 2. The van der Waals surface area contributed by atoms with Crippen molar-refractivity contribution in [3.05, 3.63) is 0 Å². The number of epoxide rings is 1. The number of aliphatic hydroxyl groups is 2. The van der Waals surface area contributed by atoms with E-state index in [9.17, 15) is 10.2 Å². The second-order valence-electron chi connectivity index (χ2n) is 11.0. The summed E-state index contributed by atoms with van der Waals surface area (Å²) in [5.41, 5.74) is 0.787. The lowest BCUT2D eigenvalue weighted by atomic mass is 9.44. The standard InChI is InChI=1S/C22H36O3/c1-20-8-6-13(23)10-17(20)18(24)11-14-15-4-5-19(22(3)12-25-22)21(15,2)9-7-16(14)20/h13-19,23-24H,4-12H2,1-3H3/t13-,14+,15+,16+,17+,18+,19+,20-,21+,22-/m1/s1. The quantitative estimate of drug-likeness (QED) is 0.709. The van der Waals surface area contributed by atoms with E-state index >= 15 is 0 Å². The summed E-state index contributed by atoms with van der Waals surface area (Å²) in [5.74, 6) is 3.21. The fourth-order valence-electron chi connectivity index (χ4n) is 8.60. The highest BCUT2D eigenvalue weighted by atomic mass is 16.6. The normalized spacial score (nSPS) is 63.5. The highest BCUT2D eigenvalue weighted by Crippen LogP contribution is 2.69. The van der Waals surface area contributed by atoms with Crippen LogP contribution in [0.3, 0.4) is 0 Å². The summed E-state index contributed by atoms with van der Waals surface area (Å²) in [6, 6.07) is 0. The maximum Gasteiger partial charge on any atom is 0.0921 e. The first-order valence-corrected chi connectivity index (χ1v) is 10.8. The number of aliphatic hydroxyl groups excluding tert-OH is 2. The summed E-state index contributed by atoms with van der Waals surface area (Å²) < 4.78 is 5.89. The van der Waals surface area contributed by atoms with Crippen LogP contribution >= 0.6 is 0 Å². The molecule has 1 aliphatic heterocycles. The SMILES string of the molecule is C[C@]12CC[C@@H](O)C[C@H]1[C@@H](O)C[C@@H]1[C@@H]2CC[C@@]2(C)[C@H]1CC[C@@H]2[C@@]1(C)CO1. The fourth-order valence-corrected chi connectivity index (χ4v) is 8.60. The minimum Gasteiger partial charge on any atom is -0.393 e. The molecule has 5 aliphatic rings. The lowest BCUT2D eigenvalue weighted by Gasteiger charge is -2.62. The minimum atomic E-state index is -0.213. The van der Waals surface area contributed by atoms with Gasteiger partial charge in [0.15, 0.2) is 0 Å². The predicted molar refractivity (Wildman–Crippen MR) is 97.0 cm³/mol. The van der Waals surface area contributed by atoms with E-state index in [1.165, 1.54) is 25.7 Å². The van der Waals surface area contributed by atoms with Gasteiger partial charge in [-0.05, 0) is 98.7 Å². The van der Waals surface area contributed by atoms with E-state index in [2.05, 4.69) is 20.8 Å². The second kappa shape index (κ2) is 5.23. The monoisotopic (exact) mass is 348 g/mol. The Morgan fingerprint density at radius 3 is 2.20 bits per heavy atom. The molecule has 0 unspecified atom stereocenters. The van der Waals surface area contributed by atoms with Crippen LogP contribution in [0.1, 0.15) is 72.1 Å². The molecule has 0 spiro atoms. The van der Waals surface area contributed by atoms with Crippen LogP contribution in [0.25, 0.3) is 0 Å². The van der Waals surface area contributed by atoms with Gasteiger partial charge < -0.3 is 14.9 Å². The van der Waals surface area contributed by atoms with Crippen molar-refractivity contribution < 1.29 is 14.9 Å². The van der Waals surface area contributed by atoms with Gasteiger partial charge in [-0.25, -0.2) is 0 Å². The summed E-state index contributed by atoms with van der Waals surface area (Å²) in [6.45, 7) is 8.27. The zero-order chi connectivity index (χ0) is 17.6. The Morgan fingerprint density at radius 2 is 1.48 bits per heavy atom. The van der Waals surface area contributed by atoms with Gasteiger partial charge in [-0.15, -0.1) is 0 Å². The molecule has 5 rings (SSSR count). The fraction of sp³-hybridized carbons (Fsp3) is 1.00. The summed E-state index contributed by atoms with van der Waals surface area (Å²) in [6.07, 6.45) is 8.72. The second-order valence-corrected chi connectivity index (χ2v) is 11.0. The van der Waals surface area contributed by atoms with Gasteiger partial charge in [0.2, 0.25) is 0 Å². The summed E-state index contributed by atoms with van der Waals surface area (Å²) in [7, 11) is 0. The van der Waals surface area contributed by atoms with Gasteiger partial charge in [0.05, 0.1) is 24.4 Å². The molecule has 10 atom stereocenters. The zero-order valence-corrected chi connectivity index (χ0v) is 16.2. The predicted octanol–water partition coefficient (Wildman–Crippen LogP) is 3.77. The van der Waals surface area contributed by atoms with Gasteiger partial charge in [-0.1, -0.05) is 13.8 Å². The van der Waals surface area contributed by atoms with Crippen molar-refractivity contribution in [1.29, 1.82) is 0 Å². The smallest absolute Gasteiger partial charge is 0.0921 e. The molecular weight excluding hydrogens is 312 g/mol. The Kier molecular flexibility index (Phi) is 3.56. The van der Waals surface area contributed by atoms with Gasteiger partial charge in [-0.3, -0.25) is 0 Å². The van der Waals surface area contributed by atoms with Crippen LogP contribution in [0, 0.1) is 40.4 Å². The van der Waals surface area contributed by atoms with Crippen molar-refractivity contribution >= 4 is 0 Å². The molecule has 142 valence electrons. The highest BCUT2D eigenvalue weighted by molar-refractivity contribution is 5.14. The summed E-state index contributed by atoms with van der Waals surface area (Å²) in [4.78, 5) is 0. The molecule has 1 saturated heterocycles. The molecule has 4 aliphatic carbocycles. The maximum absolute atomic E-state index is 11.0. The van der Waals surface area contributed by atoms with Gasteiger partial charge in [0, 0.05) is 0 Å². The molecule has 0 aromatic carbocycles. The third-order valence-corrected chi connectivity index (χ3v) is 9.99. The van der Waals surface area contributed by atoms with E-state index in [4.69, 9.17) is 4.74 Å². The van der Waals surface area contributed by atoms with Crippen LogP contribution in [0.5, 0.6) is 0 Å². The lowest BCUT2D eigenvalue weighted by molar-refractivity contribution is -0.172. The average molecular weight is 349 g/mol. The Labute approximate surface area is 152 Å². The molecule has 4 saturated carbocycles. The molecule has 0 radical (unpaired) electrons. The van der Waals surface area contributed by atoms with Crippen molar-refractivity contribution in [2.24, 2.45) is 40.4 Å². The molecule has 25 heavy (non-hydrogen) atoms. The molecule has 3 heteroatoms. The largest absolute Gasteiger partial charge is 0.393 e. The minimum absolute atomic E-state index is 0.144. The molecule has 2 N–H and O–H groups in total. The summed E-state index contributed by atoms with van der Waals surface area (Å²) in [5, 5.41) is 21.2. The lowest BCUT2D eigenvalue weighted by Crippen LogP contribution is -2.58. The Morgan fingerprint density at radius 1 is 0.800 bits per heavy atom. The van der Waals surface area contributed by atoms with Crippen molar-refractivity contribution in [2.45, 2.75) is 89.9 Å². The molecule has 1 heterocycles. The molecule has 0 amide bonds. The van der Waals surface area contributed by atoms with Crippen LogP contribution in [0.4, 0.5) is 0 Å². The van der Waals surface area contributed by atoms with Gasteiger partial charge in [0.25, 0.3) is 0 Å². The average Bonchev–Trinajstić information content (AvgIpc) is 3.18. The third kappa shape index (κ3) is 2.21. The van der Waals surface area contributed by atoms with Gasteiger partial charge in [-0.2, -0.15) is 0 Å². The van der Waals surface area contributed by atoms with Crippen molar-refractivity contribution in [1.82, 2.24) is 0 Å². The van der Waals surface area contributed by atoms with Crippen LogP contribution in [0.15, 0.2) is 0 Å². The molecule has 3 nitrogen and oxygen atoms in total. The number of ether oxygens (including phenoxy) is 1. The van der Waals surface area contributed by atoms with Crippen molar-refractivity contribution in [2.75, 3.05) is 6.61 Å². The van der Waals surface area contributed by atoms with Crippen LogP contribution < -0.4 is 0 Å². The molecular formula is C22H36O3. The molecule has 0 bridgehead atoms. The molecule has 0 aromatic heterocycles. The molecule has 0 aromatic rings. The number of fused-ring (bicyclic) bond motifs is 5. The van der Waals surface area contributed by atoms with E-state index < -0.39 is 0 Å². The summed E-state index contributed by atoms with van der Waals surface area (Å²) >= 11 is 0. The van der Waals surface area contributed by atoms with Gasteiger partial charge in [0.1, 0.15) is 0 Å². The van der Waals surface area contributed by atoms with E-state index in [0.717, 1.165) is 44.1 Å².